The number of aliphatic hydroxyl groups is 1. The lowest BCUT2D eigenvalue weighted by atomic mass is 9.78. The maximum Gasteiger partial charge on any atom is 0.137 e. The minimum absolute atomic E-state index is 0.00121. The van der Waals surface area contributed by atoms with E-state index in [0.29, 0.717) is 0 Å². The van der Waals surface area contributed by atoms with Gasteiger partial charge in [0.15, 0.2) is 0 Å². The molecule has 4 aromatic rings. The molecule has 0 bridgehead atoms. The van der Waals surface area contributed by atoms with Crippen LogP contribution in [0.5, 0.6) is 0 Å². The van der Waals surface area contributed by atoms with Gasteiger partial charge in [0, 0.05) is 29.9 Å². The minimum Gasteiger partial charge on any atom is -0.382 e. The predicted molar refractivity (Wildman–Crippen MR) is 113 cm³/mol. The molecule has 0 aliphatic carbocycles. The zero-order valence-electron chi connectivity index (χ0n) is 16.8. The van der Waals surface area contributed by atoms with E-state index in [2.05, 4.69) is 20.1 Å². The minimum atomic E-state index is -1.68. The summed E-state index contributed by atoms with van der Waals surface area (Å²) in [6, 6.07) is 10.8. The summed E-state index contributed by atoms with van der Waals surface area (Å²) >= 11 is 0. The zero-order chi connectivity index (χ0) is 21.8. The van der Waals surface area contributed by atoms with Crippen LogP contribution in [0.25, 0.3) is 12.2 Å². The molecule has 4 rings (SSSR count). The normalized spacial score (nSPS) is 14.6. The van der Waals surface area contributed by atoms with Gasteiger partial charge in [-0.2, -0.15) is 5.10 Å². The summed E-state index contributed by atoms with van der Waals surface area (Å²) in [5.74, 6) is -1.30. The third-order valence-corrected chi connectivity index (χ3v) is 5.37. The van der Waals surface area contributed by atoms with Gasteiger partial charge in [-0.3, -0.25) is 0 Å². The average molecular weight is 421 g/mol. The van der Waals surface area contributed by atoms with Crippen LogP contribution >= 0.6 is 0 Å². The van der Waals surface area contributed by atoms with Crippen molar-refractivity contribution in [1.82, 2.24) is 24.7 Å². The van der Waals surface area contributed by atoms with E-state index in [1.807, 2.05) is 36.4 Å². The van der Waals surface area contributed by atoms with Crippen LogP contribution in [0.2, 0.25) is 0 Å². The Bertz CT molecular complexity index is 1160. The third-order valence-electron chi connectivity index (χ3n) is 5.37. The highest BCUT2D eigenvalue weighted by Crippen LogP contribution is 2.39. The second-order valence-electron chi connectivity index (χ2n) is 7.34. The first kappa shape index (κ1) is 20.6. The number of aromatic nitrogens is 5. The number of nitrogens with zero attached hydrogens (tertiary/aromatic N) is 4. The lowest BCUT2D eigenvalue weighted by Gasteiger charge is -2.35. The second-order valence-corrected chi connectivity index (χ2v) is 7.34. The van der Waals surface area contributed by atoms with Crippen LogP contribution in [0.15, 0.2) is 67.5 Å². The summed E-state index contributed by atoms with van der Waals surface area (Å²) in [6.45, 7) is 1.75. The van der Waals surface area contributed by atoms with E-state index in [1.165, 1.54) is 23.4 Å². The molecule has 0 spiro atoms. The van der Waals surface area contributed by atoms with Gasteiger partial charge in [0.1, 0.15) is 35.7 Å². The van der Waals surface area contributed by atoms with Gasteiger partial charge in [0.2, 0.25) is 0 Å². The molecule has 0 saturated heterocycles. The summed E-state index contributed by atoms with van der Waals surface area (Å²) in [4.78, 5) is 11.0. The van der Waals surface area contributed by atoms with E-state index < -0.39 is 23.2 Å². The molecule has 0 radical (unpaired) electrons. The zero-order valence-corrected chi connectivity index (χ0v) is 16.8. The number of halogens is 2. The predicted octanol–water partition coefficient (Wildman–Crippen LogP) is 4.14. The van der Waals surface area contributed by atoms with Crippen molar-refractivity contribution in [1.29, 1.82) is 0 Å². The summed E-state index contributed by atoms with van der Waals surface area (Å²) in [7, 11) is 0. The number of imidazole rings is 1. The summed E-state index contributed by atoms with van der Waals surface area (Å²) in [6.07, 6.45) is 9.97. The fourth-order valence-corrected chi connectivity index (χ4v) is 3.57. The van der Waals surface area contributed by atoms with E-state index in [9.17, 15) is 13.9 Å². The van der Waals surface area contributed by atoms with Crippen molar-refractivity contribution in [2.24, 2.45) is 0 Å². The van der Waals surface area contributed by atoms with Gasteiger partial charge in [0.05, 0.1) is 6.54 Å². The quantitative estimate of drug-likeness (QED) is 0.470. The Morgan fingerprint density at radius 2 is 1.97 bits per heavy atom. The van der Waals surface area contributed by atoms with Crippen LogP contribution in [0.3, 0.4) is 0 Å². The smallest absolute Gasteiger partial charge is 0.137 e. The van der Waals surface area contributed by atoms with Gasteiger partial charge in [-0.25, -0.2) is 23.4 Å². The molecular weight excluding hydrogens is 400 g/mol. The molecule has 2 N–H and O–H groups in total. The second kappa shape index (κ2) is 8.61. The van der Waals surface area contributed by atoms with Gasteiger partial charge in [-0.15, -0.1) is 0 Å². The molecule has 158 valence electrons. The molecule has 31 heavy (non-hydrogen) atoms. The van der Waals surface area contributed by atoms with Crippen LogP contribution in [0.4, 0.5) is 8.78 Å². The highest BCUT2D eigenvalue weighted by Gasteiger charge is 2.39. The van der Waals surface area contributed by atoms with E-state index in [0.717, 1.165) is 29.1 Å². The third kappa shape index (κ3) is 4.44. The van der Waals surface area contributed by atoms with Gasteiger partial charge in [0.25, 0.3) is 0 Å². The van der Waals surface area contributed by atoms with Crippen molar-refractivity contribution in [3.8, 4) is 0 Å². The summed E-state index contributed by atoms with van der Waals surface area (Å²) < 4.78 is 29.6. The number of H-pyrrole nitrogens is 1. The first-order chi connectivity index (χ1) is 15.0. The van der Waals surface area contributed by atoms with Crippen LogP contribution in [-0.2, 0) is 12.1 Å². The molecule has 2 atom stereocenters. The van der Waals surface area contributed by atoms with Crippen molar-refractivity contribution in [3.05, 3.63) is 102 Å². The molecule has 6 nitrogen and oxygen atoms in total. The molecule has 8 heteroatoms. The van der Waals surface area contributed by atoms with Crippen LogP contribution in [0, 0.1) is 11.6 Å². The molecule has 0 fully saturated rings. The average Bonchev–Trinajstić information content (AvgIpc) is 3.46. The number of hydrogen-bond donors (Lipinski definition) is 2. The number of aromatic amines is 1. The monoisotopic (exact) mass is 421 g/mol. The largest absolute Gasteiger partial charge is 0.382 e. The summed E-state index contributed by atoms with van der Waals surface area (Å²) in [5, 5.41) is 15.7. The SMILES string of the molecule is CC(c1ccc(C=Cc2ncc[nH]2)cc1)[C@](O)(Cn1cncn1)c1ccc(F)cc1F. The highest BCUT2D eigenvalue weighted by molar-refractivity contribution is 5.66. The highest BCUT2D eigenvalue weighted by atomic mass is 19.1. The maximum absolute atomic E-state index is 14.7. The fraction of sp³-hybridized carbons (Fsp3) is 0.174. The lowest BCUT2D eigenvalue weighted by molar-refractivity contribution is -0.0112. The van der Waals surface area contributed by atoms with Gasteiger partial charge < -0.3 is 10.1 Å². The van der Waals surface area contributed by atoms with Gasteiger partial charge in [-0.1, -0.05) is 43.3 Å². The molecule has 0 aliphatic rings. The Morgan fingerprint density at radius 1 is 1.16 bits per heavy atom. The van der Waals surface area contributed by atoms with Gasteiger partial charge in [-0.05, 0) is 23.3 Å². The molecule has 0 amide bonds. The number of hydrogen-bond acceptors (Lipinski definition) is 4. The maximum atomic E-state index is 14.7. The number of benzene rings is 2. The molecule has 2 aromatic heterocycles. The first-order valence-corrected chi connectivity index (χ1v) is 9.73. The van der Waals surface area contributed by atoms with Crippen LogP contribution < -0.4 is 0 Å². The Kier molecular flexibility index (Phi) is 5.73. The number of rotatable bonds is 7. The topological polar surface area (TPSA) is 79.6 Å². The first-order valence-electron chi connectivity index (χ1n) is 9.73. The van der Waals surface area contributed by atoms with E-state index in [4.69, 9.17) is 0 Å². The Morgan fingerprint density at radius 3 is 2.61 bits per heavy atom. The van der Waals surface area contributed by atoms with Gasteiger partial charge >= 0.3 is 0 Å². The Labute approximate surface area is 177 Å². The van der Waals surface area contributed by atoms with E-state index in [-0.39, 0.29) is 12.1 Å². The molecule has 2 aromatic carbocycles. The van der Waals surface area contributed by atoms with Crippen LogP contribution in [-0.4, -0.2) is 29.8 Å². The lowest BCUT2D eigenvalue weighted by Crippen LogP contribution is -2.38. The van der Waals surface area contributed by atoms with Crippen molar-refractivity contribution in [2.75, 3.05) is 0 Å². The van der Waals surface area contributed by atoms with E-state index >= 15 is 0 Å². The molecular formula is C23H21F2N5O. The van der Waals surface area contributed by atoms with Crippen LogP contribution in [0.1, 0.15) is 35.4 Å². The number of nitrogens with one attached hydrogen (secondary N) is 1. The molecule has 0 saturated carbocycles. The van der Waals surface area contributed by atoms with Crippen molar-refractivity contribution >= 4 is 12.2 Å². The Balaban J connectivity index is 1.66. The van der Waals surface area contributed by atoms with E-state index in [1.54, 1.807) is 19.3 Å². The fourth-order valence-electron chi connectivity index (χ4n) is 3.57. The van der Waals surface area contributed by atoms with Crippen molar-refractivity contribution in [3.63, 3.8) is 0 Å². The molecule has 2 heterocycles. The Hall–Kier alpha value is -3.65. The summed E-state index contributed by atoms with van der Waals surface area (Å²) in [5.41, 5.74) is 0.0529. The molecule has 1 unspecified atom stereocenters. The van der Waals surface area contributed by atoms with Crippen molar-refractivity contribution < 1.29 is 13.9 Å². The standard InChI is InChI=1S/C23H21F2N5O/c1-16(18-5-2-17(3-6-18)4-9-22-27-10-11-28-22)23(31,13-30-15-26-14-29-30)20-8-7-19(24)12-21(20)25/h2-12,14-16,31H,13H2,1H3,(H,27,28)/t16?,23-/m1/s1. The van der Waals surface area contributed by atoms with Crippen molar-refractivity contribution in [2.45, 2.75) is 25.0 Å². The molecule has 0 aliphatic heterocycles.